The second kappa shape index (κ2) is 5.02. The van der Waals surface area contributed by atoms with Crippen LogP contribution in [0.1, 0.15) is 13.2 Å². The molecule has 1 aromatic rings. The number of amides is 1. The molecule has 2 rings (SSSR count). The highest BCUT2D eigenvalue weighted by atomic mass is 16.6. The molecule has 1 aliphatic heterocycles. The molecule has 0 saturated carbocycles. The summed E-state index contributed by atoms with van der Waals surface area (Å²) in [7, 11) is 0. The van der Waals surface area contributed by atoms with Crippen LogP contribution in [0.15, 0.2) is 12.4 Å². The lowest BCUT2D eigenvalue weighted by atomic mass is 10.1. The minimum Gasteiger partial charge on any atom is -0.394 e. The molecule has 1 amide bonds. The van der Waals surface area contributed by atoms with Crippen LogP contribution < -0.4 is 5.32 Å². The smallest absolute Gasteiger partial charge is 0.223 e. The molecule has 2 heterocycles. The zero-order valence-corrected chi connectivity index (χ0v) is 9.72. The maximum atomic E-state index is 11.0. The summed E-state index contributed by atoms with van der Waals surface area (Å²) in [6, 6.07) is 0. The molecule has 0 aliphatic carbocycles. The highest BCUT2D eigenvalue weighted by Gasteiger charge is 2.43. The first kappa shape index (κ1) is 13.0. The van der Waals surface area contributed by atoms with Gasteiger partial charge in [-0.25, -0.2) is 4.98 Å². The third-order valence-corrected chi connectivity index (χ3v) is 2.75. The summed E-state index contributed by atoms with van der Waals surface area (Å²) in [5, 5.41) is 31.0. The van der Waals surface area contributed by atoms with Crippen molar-refractivity contribution in [2.24, 2.45) is 0 Å². The molecular weight excluding hydrogens is 242 g/mol. The minimum atomic E-state index is -1.20. The number of imidazole rings is 1. The van der Waals surface area contributed by atoms with E-state index < -0.39 is 31.1 Å². The molecule has 4 N–H and O–H groups in total. The summed E-state index contributed by atoms with van der Waals surface area (Å²) in [5.74, 6) is -0.105. The highest BCUT2D eigenvalue weighted by Crippen LogP contribution is 2.31. The maximum absolute atomic E-state index is 11.0. The first-order valence-corrected chi connectivity index (χ1v) is 5.47. The van der Waals surface area contributed by atoms with Gasteiger partial charge in [-0.1, -0.05) is 0 Å². The second-order valence-corrected chi connectivity index (χ2v) is 4.07. The van der Waals surface area contributed by atoms with E-state index in [2.05, 4.69) is 10.3 Å². The van der Waals surface area contributed by atoms with E-state index in [0.29, 0.717) is 0 Å². The molecular formula is C10H15N3O5. The van der Waals surface area contributed by atoms with Crippen LogP contribution in [0.2, 0.25) is 0 Å². The average molecular weight is 257 g/mol. The van der Waals surface area contributed by atoms with Crippen molar-refractivity contribution in [1.82, 2.24) is 9.55 Å². The van der Waals surface area contributed by atoms with Gasteiger partial charge in [-0.15, -0.1) is 0 Å². The van der Waals surface area contributed by atoms with Crippen molar-refractivity contribution < 1.29 is 24.9 Å². The van der Waals surface area contributed by atoms with E-state index in [0.717, 1.165) is 0 Å². The van der Waals surface area contributed by atoms with E-state index in [4.69, 9.17) is 9.84 Å². The van der Waals surface area contributed by atoms with E-state index in [9.17, 15) is 15.0 Å². The van der Waals surface area contributed by atoms with Gasteiger partial charge in [0.2, 0.25) is 11.9 Å². The maximum Gasteiger partial charge on any atom is 0.223 e. The number of nitrogens with zero attached hydrogens (tertiary/aromatic N) is 2. The Balaban J connectivity index is 2.22. The molecule has 0 unspecified atom stereocenters. The predicted octanol–water partition coefficient (Wildman–Crippen LogP) is -1.55. The van der Waals surface area contributed by atoms with Gasteiger partial charge in [0, 0.05) is 19.3 Å². The number of nitrogens with one attached hydrogen (secondary N) is 1. The van der Waals surface area contributed by atoms with Gasteiger partial charge in [0.05, 0.1) is 6.61 Å². The van der Waals surface area contributed by atoms with E-state index in [1.54, 1.807) is 0 Å². The Hall–Kier alpha value is -1.48. The molecule has 0 radical (unpaired) electrons. The number of aliphatic hydroxyl groups excluding tert-OH is 3. The van der Waals surface area contributed by atoms with Gasteiger partial charge in [0.15, 0.2) is 6.23 Å². The molecule has 8 nitrogen and oxygen atoms in total. The predicted molar refractivity (Wildman–Crippen MR) is 59.5 cm³/mol. The van der Waals surface area contributed by atoms with Crippen molar-refractivity contribution in [2.75, 3.05) is 11.9 Å². The van der Waals surface area contributed by atoms with Crippen LogP contribution in [0.3, 0.4) is 0 Å². The lowest BCUT2D eigenvalue weighted by Crippen LogP contribution is -2.33. The molecule has 1 fully saturated rings. The number of aromatic nitrogens is 2. The van der Waals surface area contributed by atoms with Gasteiger partial charge in [0.1, 0.15) is 18.3 Å². The Morgan fingerprint density at radius 3 is 2.83 bits per heavy atom. The van der Waals surface area contributed by atoms with Crippen molar-refractivity contribution in [3.05, 3.63) is 12.4 Å². The Morgan fingerprint density at radius 2 is 2.28 bits per heavy atom. The standard InChI is InChI=1S/C10H15N3O5/c1-5(15)12-10-11-2-3-13(10)9-8(17)7(16)6(4-14)18-9/h2-3,6-9,14,16-17H,4H2,1H3,(H,11,12,15)/t6-,7-,8+,9+/m1/s1. The third-order valence-electron chi connectivity index (χ3n) is 2.75. The molecule has 18 heavy (non-hydrogen) atoms. The van der Waals surface area contributed by atoms with Crippen LogP contribution in [0.5, 0.6) is 0 Å². The number of anilines is 1. The van der Waals surface area contributed by atoms with Crippen molar-refractivity contribution in [2.45, 2.75) is 31.5 Å². The summed E-state index contributed by atoms with van der Waals surface area (Å²) in [6.45, 7) is 0.926. The monoisotopic (exact) mass is 257 g/mol. The van der Waals surface area contributed by atoms with Gasteiger partial charge >= 0.3 is 0 Å². The number of carbonyl (C=O) groups excluding carboxylic acids is 1. The number of hydrogen-bond donors (Lipinski definition) is 4. The quantitative estimate of drug-likeness (QED) is 0.521. The van der Waals surface area contributed by atoms with Crippen LogP contribution in [0, 0.1) is 0 Å². The molecule has 100 valence electrons. The third kappa shape index (κ3) is 2.23. The van der Waals surface area contributed by atoms with E-state index in [-0.39, 0.29) is 11.9 Å². The summed E-state index contributed by atoms with van der Waals surface area (Å²) < 4.78 is 6.72. The largest absolute Gasteiger partial charge is 0.394 e. The summed E-state index contributed by atoms with van der Waals surface area (Å²) >= 11 is 0. The first-order chi connectivity index (χ1) is 8.54. The Bertz CT molecular complexity index is 435. The summed E-state index contributed by atoms with van der Waals surface area (Å²) in [6.07, 6.45) is -1.22. The zero-order chi connectivity index (χ0) is 13.3. The first-order valence-electron chi connectivity index (χ1n) is 5.47. The fraction of sp³-hybridized carbons (Fsp3) is 0.600. The number of hydrogen-bond acceptors (Lipinski definition) is 6. The van der Waals surface area contributed by atoms with Crippen molar-refractivity contribution in [3.8, 4) is 0 Å². The molecule has 0 bridgehead atoms. The molecule has 1 aromatic heterocycles. The lowest BCUT2D eigenvalue weighted by molar-refractivity contribution is -0.114. The van der Waals surface area contributed by atoms with Crippen molar-refractivity contribution >= 4 is 11.9 Å². The molecule has 0 spiro atoms. The minimum absolute atomic E-state index is 0.206. The van der Waals surface area contributed by atoms with E-state index in [1.165, 1.54) is 23.9 Å². The van der Waals surface area contributed by atoms with Crippen molar-refractivity contribution in [3.63, 3.8) is 0 Å². The van der Waals surface area contributed by atoms with Crippen LogP contribution in [-0.2, 0) is 9.53 Å². The fourth-order valence-corrected chi connectivity index (χ4v) is 1.88. The average Bonchev–Trinajstić information content (AvgIpc) is 2.86. The van der Waals surface area contributed by atoms with Crippen LogP contribution >= 0.6 is 0 Å². The zero-order valence-electron chi connectivity index (χ0n) is 9.72. The van der Waals surface area contributed by atoms with Crippen LogP contribution in [-0.4, -0.2) is 55.7 Å². The number of rotatable bonds is 3. The van der Waals surface area contributed by atoms with Gasteiger partial charge in [0.25, 0.3) is 0 Å². The molecule has 4 atom stereocenters. The van der Waals surface area contributed by atoms with Gasteiger partial charge < -0.3 is 20.1 Å². The van der Waals surface area contributed by atoms with Gasteiger partial charge in [-0.05, 0) is 0 Å². The molecule has 8 heteroatoms. The Kier molecular flexibility index (Phi) is 3.62. The normalized spacial score (nSPS) is 31.6. The second-order valence-electron chi connectivity index (χ2n) is 4.07. The Morgan fingerprint density at radius 1 is 1.56 bits per heavy atom. The molecule has 1 aliphatic rings. The topological polar surface area (TPSA) is 117 Å². The van der Waals surface area contributed by atoms with E-state index in [1.807, 2.05) is 0 Å². The Labute approximate surface area is 103 Å². The van der Waals surface area contributed by atoms with E-state index >= 15 is 0 Å². The summed E-state index contributed by atoms with van der Waals surface area (Å²) in [5.41, 5.74) is 0. The lowest BCUT2D eigenvalue weighted by Gasteiger charge is -2.18. The number of aliphatic hydroxyl groups is 3. The SMILES string of the molecule is CC(=O)Nc1nccn1[C@H]1O[C@H](CO)[C@@H](O)[C@@H]1O. The number of carbonyl (C=O) groups is 1. The van der Waals surface area contributed by atoms with Crippen LogP contribution in [0.4, 0.5) is 5.95 Å². The molecule has 0 aromatic carbocycles. The number of ether oxygens (including phenoxy) is 1. The van der Waals surface area contributed by atoms with Crippen molar-refractivity contribution in [1.29, 1.82) is 0 Å². The molecule has 1 saturated heterocycles. The summed E-state index contributed by atoms with van der Waals surface area (Å²) in [4.78, 5) is 14.9. The van der Waals surface area contributed by atoms with Gasteiger partial charge in [-0.3, -0.25) is 14.7 Å². The highest BCUT2D eigenvalue weighted by molar-refractivity contribution is 5.86. The van der Waals surface area contributed by atoms with Crippen LogP contribution in [0.25, 0.3) is 0 Å². The van der Waals surface area contributed by atoms with Gasteiger partial charge in [-0.2, -0.15) is 0 Å². The fourth-order valence-electron chi connectivity index (χ4n) is 1.88.